The van der Waals surface area contributed by atoms with Crippen molar-refractivity contribution in [2.75, 3.05) is 5.73 Å². The Morgan fingerprint density at radius 1 is 1.40 bits per heavy atom. The molecular formula is C10H9N5. The van der Waals surface area contributed by atoms with Crippen LogP contribution in [0.3, 0.4) is 0 Å². The third-order valence-corrected chi connectivity index (χ3v) is 2.02. The maximum absolute atomic E-state index is 8.56. The minimum atomic E-state index is 0.171. The van der Waals surface area contributed by atoms with E-state index in [-0.39, 0.29) is 5.82 Å². The molecule has 0 saturated carbocycles. The first-order valence-corrected chi connectivity index (χ1v) is 4.42. The number of nitrogens with zero attached hydrogens (tertiary/aromatic N) is 4. The van der Waals surface area contributed by atoms with Gasteiger partial charge in [0.15, 0.2) is 0 Å². The van der Waals surface area contributed by atoms with Crippen molar-refractivity contribution in [1.29, 1.82) is 5.26 Å². The highest BCUT2D eigenvalue weighted by Crippen LogP contribution is 2.11. The lowest BCUT2D eigenvalue weighted by Gasteiger charge is -2.03. The maximum Gasteiger partial charge on any atom is 0.252 e. The number of anilines is 1. The number of hydrogen-bond acceptors (Lipinski definition) is 4. The van der Waals surface area contributed by atoms with Crippen molar-refractivity contribution >= 4 is 5.69 Å². The van der Waals surface area contributed by atoms with E-state index >= 15 is 0 Å². The molecule has 0 unspecified atom stereocenters. The van der Waals surface area contributed by atoms with Crippen LogP contribution in [0.2, 0.25) is 0 Å². The van der Waals surface area contributed by atoms with Crippen molar-refractivity contribution in [3.63, 3.8) is 0 Å². The minimum Gasteiger partial charge on any atom is -0.398 e. The molecule has 0 bridgehead atoms. The molecule has 1 heterocycles. The largest absolute Gasteiger partial charge is 0.398 e. The van der Waals surface area contributed by atoms with E-state index in [0.29, 0.717) is 12.2 Å². The maximum atomic E-state index is 8.56. The molecule has 0 atom stereocenters. The fourth-order valence-electron chi connectivity index (χ4n) is 1.27. The normalized spacial score (nSPS) is 9.80. The van der Waals surface area contributed by atoms with Gasteiger partial charge in [0.05, 0.1) is 6.54 Å². The van der Waals surface area contributed by atoms with Crippen LogP contribution in [0, 0.1) is 11.3 Å². The van der Waals surface area contributed by atoms with Crippen molar-refractivity contribution in [3.05, 3.63) is 42.0 Å². The predicted octanol–water partition coefficient (Wildman–Crippen LogP) is 0.780. The number of rotatable bonds is 2. The van der Waals surface area contributed by atoms with Crippen LogP contribution in [0.15, 0.2) is 30.6 Å². The summed E-state index contributed by atoms with van der Waals surface area (Å²) in [6.07, 6.45) is 1.52. The lowest BCUT2D eigenvalue weighted by Crippen LogP contribution is -2.03. The number of aromatic nitrogens is 3. The van der Waals surface area contributed by atoms with Gasteiger partial charge in [-0.2, -0.15) is 5.26 Å². The van der Waals surface area contributed by atoms with Crippen molar-refractivity contribution in [2.45, 2.75) is 6.54 Å². The van der Waals surface area contributed by atoms with E-state index in [1.807, 2.05) is 30.3 Å². The Morgan fingerprint density at radius 3 is 2.87 bits per heavy atom. The smallest absolute Gasteiger partial charge is 0.252 e. The Bertz CT molecular complexity index is 509. The van der Waals surface area contributed by atoms with Crippen LogP contribution < -0.4 is 5.73 Å². The fraction of sp³-hybridized carbons (Fsp3) is 0.100. The van der Waals surface area contributed by atoms with Gasteiger partial charge in [0.25, 0.3) is 5.82 Å². The molecule has 0 amide bonds. The van der Waals surface area contributed by atoms with Gasteiger partial charge in [0, 0.05) is 5.69 Å². The van der Waals surface area contributed by atoms with E-state index in [4.69, 9.17) is 11.0 Å². The van der Waals surface area contributed by atoms with Gasteiger partial charge in [-0.05, 0) is 11.6 Å². The van der Waals surface area contributed by atoms with Gasteiger partial charge in [-0.1, -0.05) is 18.2 Å². The van der Waals surface area contributed by atoms with E-state index in [9.17, 15) is 0 Å². The van der Waals surface area contributed by atoms with Gasteiger partial charge in [-0.3, -0.25) is 0 Å². The van der Waals surface area contributed by atoms with Crippen LogP contribution in [0.1, 0.15) is 11.4 Å². The first kappa shape index (κ1) is 9.21. The zero-order valence-electron chi connectivity index (χ0n) is 7.96. The van der Waals surface area contributed by atoms with Crippen molar-refractivity contribution in [1.82, 2.24) is 14.8 Å². The number of nitrogen functional groups attached to an aromatic ring is 1. The molecule has 2 aromatic rings. The third kappa shape index (κ3) is 1.94. The quantitative estimate of drug-likeness (QED) is 0.725. The molecule has 5 nitrogen and oxygen atoms in total. The van der Waals surface area contributed by atoms with E-state index in [1.54, 1.807) is 4.68 Å². The first-order valence-electron chi connectivity index (χ1n) is 4.42. The lowest BCUT2D eigenvalue weighted by atomic mass is 10.2. The minimum absolute atomic E-state index is 0.171. The van der Waals surface area contributed by atoms with Crippen molar-refractivity contribution in [3.8, 4) is 6.07 Å². The van der Waals surface area contributed by atoms with E-state index in [0.717, 1.165) is 5.56 Å². The number of para-hydroxylation sites is 1. The summed E-state index contributed by atoms with van der Waals surface area (Å²) in [6, 6.07) is 9.41. The summed E-state index contributed by atoms with van der Waals surface area (Å²) in [4.78, 5) is 3.81. The highest BCUT2D eigenvalue weighted by atomic mass is 15.3. The van der Waals surface area contributed by atoms with Crippen LogP contribution in [0.4, 0.5) is 5.69 Å². The molecular weight excluding hydrogens is 190 g/mol. The van der Waals surface area contributed by atoms with Crippen molar-refractivity contribution < 1.29 is 0 Å². The zero-order valence-corrected chi connectivity index (χ0v) is 7.96. The molecule has 1 aromatic heterocycles. The van der Waals surface area contributed by atoms with Gasteiger partial charge < -0.3 is 5.73 Å². The molecule has 0 radical (unpaired) electrons. The van der Waals surface area contributed by atoms with Crippen LogP contribution in [0.25, 0.3) is 0 Å². The molecule has 0 fully saturated rings. The summed E-state index contributed by atoms with van der Waals surface area (Å²) >= 11 is 0. The van der Waals surface area contributed by atoms with E-state index in [2.05, 4.69) is 10.1 Å². The molecule has 2 N–H and O–H groups in total. The molecule has 15 heavy (non-hydrogen) atoms. The van der Waals surface area contributed by atoms with Gasteiger partial charge >= 0.3 is 0 Å². The van der Waals surface area contributed by atoms with Crippen molar-refractivity contribution in [2.24, 2.45) is 0 Å². The molecule has 74 valence electrons. The average molecular weight is 199 g/mol. The van der Waals surface area contributed by atoms with Crippen LogP contribution in [-0.2, 0) is 6.54 Å². The van der Waals surface area contributed by atoms with Crippen LogP contribution in [0.5, 0.6) is 0 Å². The zero-order chi connectivity index (χ0) is 10.7. The highest BCUT2D eigenvalue weighted by Gasteiger charge is 2.02. The molecule has 0 spiro atoms. The van der Waals surface area contributed by atoms with Crippen LogP contribution >= 0.6 is 0 Å². The summed E-state index contributed by atoms with van der Waals surface area (Å²) in [5, 5.41) is 12.5. The van der Waals surface area contributed by atoms with Gasteiger partial charge in [0.2, 0.25) is 0 Å². The molecule has 2 rings (SSSR count). The summed E-state index contributed by atoms with van der Waals surface area (Å²) in [5.74, 6) is 0.171. The summed E-state index contributed by atoms with van der Waals surface area (Å²) in [6.45, 7) is 0.529. The van der Waals surface area contributed by atoms with Gasteiger partial charge in [-0.25, -0.2) is 9.67 Å². The Hall–Kier alpha value is -2.35. The molecule has 0 aliphatic carbocycles. The topological polar surface area (TPSA) is 80.5 Å². The monoisotopic (exact) mass is 199 g/mol. The third-order valence-electron chi connectivity index (χ3n) is 2.02. The van der Waals surface area contributed by atoms with E-state index < -0.39 is 0 Å². The second-order valence-electron chi connectivity index (χ2n) is 3.08. The molecule has 1 aromatic carbocycles. The summed E-state index contributed by atoms with van der Waals surface area (Å²) < 4.78 is 1.59. The molecule has 0 saturated heterocycles. The number of nitriles is 1. The predicted molar refractivity (Wildman–Crippen MR) is 54.7 cm³/mol. The highest BCUT2D eigenvalue weighted by molar-refractivity contribution is 5.46. The van der Waals surface area contributed by atoms with Crippen LogP contribution in [-0.4, -0.2) is 14.8 Å². The average Bonchev–Trinajstić information content (AvgIpc) is 2.69. The Kier molecular flexibility index (Phi) is 2.33. The molecule has 0 aliphatic rings. The summed E-state index contributed by atoms with van der Waals surface area (Å²) in [7, 11) is 0. The molecule has 0 aliphatic heterocycles. The number of benzene rings is 1. The Balaban J connectivity index is 2.23. The standard InChI is InChI=1S/C10H9N5/c11-5-10-13-7-15(14-10)6-8-3-1-2-4-9(8)12/h1-4,7H,6,12H2. The van der Waals surface area contributed by atoms with Gasteiger partial charge in [-0.15, -0.1) is 5.10 Å². The Morgan fingerprint density at radius 2 is 2.20 bits per heavy atom. The first-order chi connectivity index (χ1) is 7.29. The second-order valence-corrected chi connectivity index (χ2v) is 3.08. The fourth-order valence-corrected chi connectivity index (χ4v) is 1.27. The Labute approximate surface area is 86.8 Å². The lowest BCUT2D eigenvalue weighted by molar-refractivity contribution is 0.683. The summed E-state index contributed by atoms with van der Waals surface area (Å²) in [5.41, 5.74) is 7.46. The SMILES string of the molecule is N#Cc1ncn(Cc2ccccc2N)n1. The second kappa shape index (κ2) is 3.80. The number of hydrogen-bond donors (Lipinski definition) is 1. The number of nitrogens with two attached hydrogens (primary N) is 1. The van der Waals surface area contributed by atoms with E-state index in [1.165, 1.54) is 6.33 Å². The van der Waals surface area contributed by atoms with Gasteiger partial charge in [0.1, 0.15) is 12.4 Å². The molecule has 5 heteroatoms.